The fraction of sp³-hybridized carbons (Fsp3) is 0.190. The molecule has 0 saturated carbocycles. The smallest absolute Gasteiger partial charge is 0.417 e. The minimum Gasteiger partial charge on any atom is -0.496 e. The van der Waals surface area contributed by atoms with Gasteiger partial charge in [-0.25, -0.2) is 0 Å². The molecule has 2 nitrogen and oxygen atoms in total. The molecule has 1 aromatic heterocycles. The molecular weight excluding hydrogens is 396 g/mol. The zero-order valence-electron chi connectivity index (χ0n) is 15.3. The molecule has 0 unspecified atom stereocenters. The number of benzene rings is 2. The maximum absolute atomic E-state index is 13.8. The Morgan fingerprint density at radius 3 is 2.03 bits per heavy atom. The summed E-state index contributed by atoms with van der Waals surface area (Å²) in [5, 5.41) is 0. The normalized spacial score (nSPS) is 12.1. The molecule has 0 fully saturated rings. The number of para-hydroxylation sites is 1. The maximum Gasteiger partial charge on any atom is 0.417 e. The Labute approximate surface area is 162 Å². The Balaban J connectivity index is 2.43. The Morgan fingerprint density at radius 2 is 1.41 bits per heavy atom. The zero-order valence-corrected chi connectivity index (χ0v) is 15.3. The van der Waals surface area contributed by atoms with Crippen LogP contribution in [0.4, 0.5) is 26.3 Å². The third-order valence-electron chi connectivity index (χ3n) is 4.46. The van der Waals surface area contributed by atoms with Crippen LogP contribution in [0.15, 0.2) is 54.7 Å². The second-order valence-corrected chi connectivity index (χ2v) is 6.24. The number of hydrogen-bond donors (Lipinski definition) is 0. The highest BCUT2D eigenvalue weighted by atomic mass is 19.4. The van der Waals surface area contributed by atoms with Gasteiger partial charge in [-0.2, -0.15) is 26.3 Å². The molecule has 1 heterocycles. The van der Waals surface area contributed by atoms with Crippen molar-refractivity contribution in [3.63, 3.8) is 0 Å². The molecule has 0 aliphatic rings. The minimum absolute atomic E-state index is 0.0320. The zero-order chi connectivity index (χ0) is 21.4. The third kappa shape index (κ3) is 3.92. The van der Waals surface area contributed by atoms with Crippen LogP contribution >= 0.6 is 0 Å². The summed E-state index contributed by atoms with van der Waals surface area (Å²) in [7, 11) is 1.40. The molecule has 2 aromatic carbocycles. The van der Waals surface area contributed by atoms with E-state index in [0.29, 0.717) is 22.9 Å². The summed E-state index contributed by atoms with van der Waals surface area (Å²) in [6.45, 7) is 1.45. The van der Waals surface area contributed by atoms with Crippen LogP contribution < -0.4 is 4.74 Å². The van der Waals surface area contributed by atoms with Crippen LogP contribution in [0.2, 0.25) is 0 Å². The molecule has 0 N–H and O–H groups in total. The van der Waals surface area contributed by atoms with Gasteiger partial charge in [0, 0.05) is 23.0 Å². The summed E-state index contributed by atoms with van der Waals surface area (Å²) in [5.74, 6) is 0.375. The number of aromatic nitrogens is 1. The van der Waals surface area contributed by atoms with Gasteiger partial charge in [-0.1, -0.05) is 30.3 Å². The highest BCUT2D eigenvalue weighted by Crippen LogP contribution is 2.48. The van der Waals surface area contributed by atoms with Crippen LogP contribution in [-0.4, -0.2) is 12.1 Å². The summed E-state index contributed by atoms with van der Waals surface area (Å²) in [6, 6.07) is 10.5. The highest BCUT2D eigenvalue weighted by Gasteiger charge is 2.45. The van der Waals surface area contributed by atoms with E-state index in [1.807, 2.05) is 0 Å². The molecule has 152 valence electrons. The fourth-order valence-corrected chi connectivity index (χ4v) is 3.30. The summed E-state index contributed by atoms with van der Waals surface area (Å²) in [4.78, 5) is 4.02. The number of ether oxygens (including phenoxy) is 1. The standard InChI is InChI=1S/C21H15F6NO/c1-12-18(14(10-11-28-12)13-6-3-4-9-17(13)29-2)15-7-5-8-16(20(22,23)24)19(15)21(25,26)27/h3-11H,1-2H3. The van der Waals surface area contributed by atoms with Crippen molar-refractivity contribution in [3.05, 3.63) is 71.5 Å². The van der Waals surface area contributed by atoms with Crippen LogP contribution in [0.5, 0.6) is 5.75 Å². The lowest BCUT2D eigenvalue weighted by molar-refractivity contribution is -0.161. The number of pyridine rings is 1. The lowest BCUT2D eigenvalue weighted by atomic mass is 9.88. The van der Waals surface area contributed by atoms with Crippen LogP contribution in [-0.2, 0) is 12.4 Å². The predicted molar refractivity (Wildman–Crippen MR) is 96.4 cm³/mol. The Kier molecular flexibility index (Phi) is 5.30. The van der Waals surface area contributed by atoms with E-state index >= 15 is 0 Å². The van der Waals surface area contributed by atoms with Crippen molar-refractivity contribution >= 4 is 0 Å². The minimum atomic E-state index is -5.22. The van der Waals surface area contributed by atoms with E-state index in [1.54, 1.807) is 24.3 Å². The molecular formula is C21H15F6NO. The van der Waals surface area contributed by atoms with Crippen LogP contribution in [0, 0.1) is 6.92 Å². The molecule has 8 heteroatoms. The quantitative estimate of drug-likeness (QED) is 0.444. The second-order valence-electron chi connectivity index (χ2n) is 6.24. The summed E-state index contributed by atoms with van der Waals surface area (Å²) in [5.41, 5.74) is -3.19. The number of aryl methyl sites for hydroxylation is 1. The first-order chi connectivity index (χ1) is 13.6. The Bertz CT molecular complexity index is 1040. The summed E-state index contributed by atoms with van der Waals surface area (Å²) in [6.07, 6.45) is -9.00. The Morgan fingerprint density at radius 1 is 0.759 bits per heavy atom. The average Bonchev–Trinajstić information content (AvgIpc) is 2.65. The fourth-order valence-electron chi connectivity index (χ4n) is 3.30. The SMILES string of the molecule is COc1ccccc1-c1ccnc(C)c1-c1cccc(C(F)(F)F)c1C(F)(F)F. The van der Waals surface area contributed by atoms with Gasteiger partial charge in [0.15, 0.2) is 0 Å². The van der Waals surface area contributed by atoms with Gasteiger partial charge < -0.3 is 4.74 Å². The topological polar surface area (TPSA) is 22.1 Å². The molecule has 0 radical (unpaired) electrons. The van der Waals surface area contributed by atoms with Crippen molar-refractivity contribution in [2.24, 2.45) is 0 Å². The first-order valence-corrected chi connectivity index (χ1v) is 8.42. The van der Waals surface area contributed by atoms with Crippen molar-refractivity contribution in [3.8, 4) is 28.0 Å². The van der Waals surface area contributed by atoms with E-state index in [2.05, 4.69) is 4.98 Å². The van der Waals surface area contributed by atoms with Gasteiger partial charge in [-0.3, -0.25) is 4.98 Å². The van der Waals surface area contributed by atoms with Crippen molar-refractivity contribution in [2.45, 2.75) is 19.3 Å². The van der Waals surface area contributed by atoms with E-state index in [9.17, 15) is 26.3 Å². The monoisotopic (exact) mass is 411 g/mol. The van der Waals surface area contributed by atoms with Crippen molar-refractivity contribution in [1.29, 1.82) is 0 Å². The van der Waals surface area contributed by atoms with Crippen LogP contribution in [0.1, 0.15) is 16.8 Å². The molecule has 0 bridgehead atoms. The van der Waals surface area contributed by atoms with E-state index in [1.165, 1.54) is 26.3 Å². The molecule has 0 atom stereocenters. The number of hydrogen-bond acceptors (Lipinski definition) is 2. The van der Waals surface area contributed by atoms with Gasteiger partial charge in [-0.15, -0.1) is 0 Å². The molecule has 0 spiro atoms. The maximum atomic E-state index is 13.8. The summed E-state index contributed by atoms with van der Waals surface area (Å²) < 4.78 is 86.8. The van der Waals surface area contributed by atoms with Gasteiger partial charge >= 0.3 is 12.4 Å². The largest absolute Gasteiger partial charge is 0.496 e. The average molecular weight is 411 g/mol. The molecule has 3 aromatic rings. The van der Waals surface area contributed by atoms with Gasteiger partial charge in [0.25, 0.3) is 0 Å². The molecule has 3 rings (SSSR count). The summed E-state index contributed by atoms with van der Waals surface area (Å²) >= 11 is 0. The predicted octanol–water partition coefficient (Wildman–Crippen LogP) is 6.77. The van der Waals surface area contributed by atoms with E-state index in [4.69, 9.17) is 4.74 Å². The number of nitrogens with zero attached hydrogens (tertiary/aromatic N) is 1. The van der Waals surface area contributed by atoms with Crippen LogP contribution in [0.25, 0.3) is 22.3 Å². The Hall–Kier alpha value is -3.03. The third-order valence-corrected chi connectivity index (χ3v) is 4.46. The van der Waals surface area contributed by atoms with Gasteiger partial charge in [0.1, 0.15) is 5.75 Å². The van der Waals surface area contributed by atoms with Crippen molar-refractivity contribution in [2.75, 3.05) is 7.11 Å². The second kappa shape index (κ2) is 7.42. The molecule has 0 aliphatic carbocycles. The molecule has 29 heavy (non-hydrogen) atoms. The molecule has 0 aliphatic heterocycles. The molecule has 0 saturated heterocycles. The van der Waals surface area contributed by atoms with Crippen molar-refractivity contribution < 1.29 is 31.1 Å². The van der Waals surface area contributed by atoms with E-state index < -0.39 is 29.0 Å². The lowest BCUT2D eigenvalue weighted by Crippen LogP contribution is -2.18. The number of alkyl halides is 6. The van der Waals surface area contributed by atoms with E-state index in [-0.39, 0.29) is 11.3 Å². The van der Waals surface area contributed by atoms with Gasteiger partial charge in [0.2, 0.25) is 0 Å². The number of methoxy groups -OCH3 is 1. The lowest BCUT2D eigenvalue weighted by Gasteiger charge is -2.22. The molecule has 0 amide bonds. The first-order valence-electron chi connectivity index (χ1n) is 8.42. The van der Waals surface area contributed by atoms with Gasteiger partial charge in [0.05, 0.1) is 18.2 Å². The van der Waals surface area contributed by atoms with Crippen molar-refractivity contribution in [1.82, 2.24) is 4.98 Å². The number of rotatable bonds is 3. The van der Waals surface area contributed by atoms with Gasteiger partial charge in [-0.05, 0) is 36.2 Å². The number of halogens is 6. The van der Waals surface area contributed by atoms with Crippen LogP contribution in [0.3, 0.4) is 0 Å². The highest BCUT2D eigenvalue weighted by molar-refractivity contribution is 5.89. The first kappa shape index (κ1) is 20.7. The van der Waals surface area contributed by atoms with E-state index in [0.717, 1.165) is 12.1 Å².